The smallest absolute Gasteiger partial charge is 0.246 e. The van der Waals surface area contributed by atoms with Crippen LogP contribution in [0.2, 0.25) is 5.02 Å². The van der Waals surface area contributed by atoms with Crippen molar-refractivity contribution in [3.05, 3.63) is 40.4 Å². The number of amides is 1. The van der Waals surface area contributed by atoms with Gasteiger partial charge in [0.05, 0.1) is 27.8 Å². The fraction of sp³-hybridized carbons (Fsp3) is 0.231. The second-order valence-corrected chi connectivity index (χ2v) is 4.79. The molecule has 0 radical (unpaired) electrons. The van der Waals surface area contributed by atoms with Gasteiger partial charge in [0.1, 0.15) is 12.4 Å². The molecule has 0 unspecified atom stereocenters. The molecule has 1 aromatic carbocycles. The first kappa shape index (κ1) is 14.3. The fourth-order valence-corrected chi connectivity index (χ4v) is 2.01. The zero-order chi connectivity index (χ0) is 14.9. The number of para-hydroxylation sites is 1. The Morgan fingerprint density at radius 1 is 1.50 bits per heavy atom. The maximum absolute atomic E-state index is 13.6. The molecule has 7 heteroatoms. The number of nitrogens with zero attached hydrogens (tertiary/aromatic N) is 2. The van der Waals surface area contributed by atoms with Crippen molar-refractivity contribution in [3.8, 4) is 0 Å². The van der Waals surface area contributed by atoms with Gasteiger partial charge in [-0.2, -0.15) is 5.10 Å². The number of rotatable bonds is 3. The van der Waals surface area contributed by atoms with Crippen molar-refractivity contribution < 1.29 is 9.18 Å². The molecule has 3 N–H and O–H groups in total. The van der Waals surface area contributed by atoms with Gasteiger partial charge in [-0.15, -0.1) is 0 Å². The van der Waals surface area contributed by atoms with Crippen molar-refractivity contribution in [3.63, 3.8) is 0 Å². The van der Waals surface area contributed by atoms with Gasteiger partial charge in [0, 0.05) is 0 Å². The molecule has 1 aromatic heterocycles. The Morgan fingerprint density at radius 3 is 2.75 bits per heavy atom. The van der Waals surface area contributed by atoms with E-state index in [9.17, 15) is 9.18 Å². The van der Waals surface area contributed by atoms with Crippen LogP contribution in [0.15, 0.2) is 18.2 Å². The van der Waals surface area contributed by atoms with E-state index in [-0.39, 0.29) is 17.3 Å². The number of benzene rings is 1. The highest BCUT2D eigenvalue weighted by atomic mass is 35.5. The standard InChI is InChI=1S/C13H14ClFN4O/c1-7-12(16)8(2)19(18-7)6-11(20)17-13-9(14)4-3-5-10(13)15/h3-5H,6,16H2,1-2H3,(H,17,20). The third-order valence-corrected chi connectivity index (χ3v) is 3.27. The molecule has 0 aliphatic heterocycles. The number of anilines is 2. The summed E-state index contributed by atoms with van der Waals surface area (Å²) in [6.45, 7) is 3.46. The maximum Gasteiger partial charge on any atom is 0.246 e. The first-order chi connectivity index (χ1) is 9.40. The lowest BCUT2D eigenvalue weighted by Gasteiger charge is -2.09. The Hall–Kier alpha value is -2.08. The minimum absolute atomic E-state index is 0.0336. The molecule has 0 fully saturated rings. The Morgan fingerprint density at radius 2 is 2.20 bits per heavy atom. The van der Waals surface area contributed by atoms with Gasteiger partial charge in [0.25, 0.3) is 0 Å². The van der Waals surface area contributed by atoms with Crippen molar-refractivity contribution in [2.24, 2.45) is 0 Å². The number of nitrogen functional groups attached to an aromatic ring is 1. The molecule has 0 saturated carbocycles. The summed E-state index contributed by atoms with van der Waals surface area (Å²) in [4.78, 5) is 11.9. The predicted molar refractivity (Wildman–Crippen MR) is 76.2 cm³/mol. The van der Waals surface area contributed by atoms with Crippen LogP contribution in [0.3, 0.4) is 0 Å². The minimum Gasteiger partial charge on any atom is -0.396 e. The molecule has 2 rings (SSSR count). The fourth-order valence-electron chi connectivity index (χ4n) is 1.80. The minimum atomic E-state index is -0.585. The lowest BCUT2D eigenvalue weighted by atomic mass is 10.3. The number of carbonyl (C=O) groups is 1. The average molecular weight is 297 g/mol. The molecule has 0 aliphatic carbocycles. The van der Waals surface area contributed by atoms with Crippen LogP contribution >= 0.6 is 11.6 Å². The van der Waals surface area contributed by atoms with E-state index in [1.54, 1.807) is 13.8 Å². The number of aryl methyl sites for hydroxylation is 1. The monoisotopic (exact) mass is 296 g/mol. The number of nitrogens with one attached hydrogen (secondary N) is 1. The molecule has 0 spiro atoms. The molecule has 1 amide bonds. The number of nitrogens with two attached hydrogens (primary N) is 1. The number of aromatic nitrogens is 2. The van der Waals surface area contributed by atoms with E-state index in [1.165, 1.54) is 22.9 Å². The summed E-state index contributed by atoms with van der Waals surface area (Å²) in [6, 6.07) is 4.19. The molecule has 0 aliphatic rings. The van der Waals surface area contributed by atoms with Gasteiger partial charge in [-0.05, 0) is 26.0 Å². The highest BCUT2D eigenvalue weighted by Crippen LogP contribution is 2.24. The van der Waals surface area contributed by atoms with Gasteiger partial charge in [-0.1, -0.05) is 17.7 Å². The summed E-state index contributed by atoms with van der Waals surface area (Å²) in [7, 11) is 0. The van der Waals surface area contributed by atoms with Crippen LogP contribution in [0.4, 0.5) is 15.8 Å². The van der Waals surface area contributed by atoms with Crippen LogP contribution in [0.5, 0.6) is 0 Å². The third kappa shape index (κ3) is 2.75. The summed E-state index contributed by atoms with van der Waals surface area (Å²) in [5.74, 6) is -1.01. The summed E-state index contributed by atoms with van der Waals surface area (Å²) < 4.78 is 15.0. The number of hydrogen-bond acceptors (Lipinski definition) is 3. The average Bonchev–Trinajstić information content (AvgIpc) is 2.62. The number of carbonyl (C=O) groups excluding carboxylic acids is 1. The summed E-state index contributed by atoms with van der Waals surface area (Å²) in [6.07, 6.45) is 0. The van der Waals surface area contributed by atoms with Crippen LogP contribution in [-0.2, 0) is 11.3 Å². The van der Waals surface area contributed by atoms with Gasteiger partial charge in [-0.3, -0.25) is 9.48 Å². The lowest BCUT2D eigenvalue weighted by molar-refractivity contribution is -0.117. The zero-order valence-electron chi connectivity index (χ0n) is 11.1. The van der Waals surface area contributed by atoms with Crippen molar-refractivity contribution in [1.82, 2.24) is 9.78 Å². The maximum atomic E-state index is 13.6. The predicted octanol–water partition coefficient (Wildman–Crippen LogP) is 2.51. The van der Waals surface area contributed by atoms with Gasteiger partial charge >= 0.3 is 0 Å². The van der Waals surface area contributed by atoms with Gasteiger partial charge < -0.3 is 11.1 Å². The highest BCUT2D eigenvalue weighted by molar-refractivity contribution is 6.33. The topological polar surface area (TPSA) is 72.9 Å². The van der Waals surface area contributed by atoms with Gasteiger partial charge in [0.2, 0.25) is 5.91 Å². The molecule has 1 heterocycles. The van der Waals surface area contributed by atoms with E-state index in [0.717, 1.165) is 0 Å². The quantitative estimate of drug-likeness (QED) is 0.914. The molecule has 0 atom stereocenters. The molecule has 0 saturated heterocycles. The second kappa shape index (κ2) is 5.50. The number of halogens is 2. The van der Waals surface area contributed by atoms with Gasteiger partial charge in [-0.25, -0.2) is 4.39 Å². The van der Waals surface area contributed by atoms with Crippen LogP contribution in [0, 0.1) is 19.7 Å². The number of hydrogen-bond donors (Lipinski definition) is 2. The molecule has 5 nitrogen and oxygen atoms in total. The van der Waals surface area contributed by atoms with E-state index in [2.05, 4.69) is 10.4 Å². The molecule has 2 aromatic rings. The van der Waals surface area contributed by atoms with Crippen molar-refractivity contribution >= 4 is 28.9 Å². The van der Waals surface area contributed by atoms with Crippen LogP contribution in [0.1, 0.15) is 11.4 Å². The van der Waals surface area contributed by atoms with Crippen molar-refractivity contribution in [2.45, 2.75) is 20.4 Å². The molecular formula is C13H14ClFN4O. The Kier molecular flexibility index (Phi) is 3.94. The summed E-state index contributed by atoms with van der Waals surface area (Å²) in [5, 5.41) is 6.72. The first-order valence-corrected chi connectivity index (χ1v) is 6.31. The molecule has 20 heavy (non-hydrogen) atoms. The van der Waals surface area contributed by atoms with Crippen molar-refractivity contribution in [1.29, 1.82) is 0 Å². The molecular weight excluding hydrogens is 283 g/mol. The first-order valence-electron chi connectivity index (χ1n) is 5.93. The Balaban J connectivity index is 2.15. The summed E-state index contributed by atoms with van der Waals surface area (Å²) in [5.41, 5.74) is 7.64. The van der Waals surface area contributed by atoms with Gasteiger partial charge in [0.15, 0.2) is 0 Å². The Labute approximate surface area is 120 Å². The molecule has 0 bridgehead atoms. The lowest BCUT2D eigenvalue weighted by Crippen LogP contribution is -2.21. The van der Waals surface area contributed by atoms with Crippen LogP contribution in [0.25, 0.3) is 0 Å². The van der Waals surface area contributed by atoms with Crippen LogP contribution < -0.4 is 11.1 Å². The van der Waals surface area contributed by atoms with Crippen molar-refractivity contribution in [2.75, 3.05) is 11.1 Å². The van der Waals surface area contributed by atoms with E-state index >= 15 is 0 Å². The highest BCUT2D eigenvalue weighted by Gasteiger charge is 2.14. The normalized spacial score (nSPS) is 10.6. The largest absolute Gasteiger partial charge is 0.396 e. The van der Waals surface area contributed by atoms with Crippen LogP contribution in [-0.4, -0.2) is 15.7 Å². The van der Waals surface area contributed by atoms with E-state index in [0.29, 0.717) is 17.1 Å². The molecule has 106 valence electrons. The van der Waals surface area contributed by atoms with E-state index < -0.39 is 11.7 Å². The summed E-state index contributed by atoms with van der Waals surface area (Å²) >= 11 is 5.84. The van der Waals surface area contributed by atoms with E-state index in [4.69, 9.17) is 17.3 Å². The third-order valence-electron chi connectivity index (χ3n) is 2.96. The second-order valence-electron chi connectivity index (χ2n) is 4.39. The zero-order valence-corrected chi connectivity index (χ0v) is 11.8. The Bertz CT molecular complexity index is 648. The van der Waals surface area contributed by atoms with E-state index in [1.807, 2.05) is 0 Å². The SMILES string of the molecule is Cc1nn(CC(=O)Nc2c(F)cccc2Cl)c(C)c1N.